The van der Waals surface area contributed by atoms with Gasteiger partial charge >= 0.3 is 0 Å². The molecule has 0 atom stereocenters. The number of nitrogens with zero attached hydrogens (tertiary/aromatic N) is 4. The van der Waals surface area contributed by atoms with E-state index < -0.39 is 11.7 Å². The van der Waals surface area contributed by atoms with Gasteiger partial charge in [0.2, 0.25) is 0 Å². The van der Waals surface area contributed by atoms with E-state index in [2.05, 4.69) is 20.4 Å². The second-order valence-corrected chi connectivity index (χ2v) is 4.70. The lowest BCUT2D eigenvalue weighted by Gasteiger charge is -2.09. The summed E-state index contributed by atoms with van der Waals surface area (Å²) in [6.45, 7) is 0. The molecule has 2 aromatic heterocycles. The molecule has 22 heavy (non-hydrogen) atoms. The molecular formula is C14H9ClFN5O. The molecule has 1 aromatic carbocycles. The number of nitrogens with one attached hydrogen (secondary N) is 1. The van der Waals surface area contributed by atoms with Crippen molar-refractivity contribution in [3.8, 4) is 5.82 Å². The average molecular weight is 318 g/mol. The number of halogens is 2. The lowest BCUT2D eigenvalue weighted by Crippen LogP contribution is -2.15. The maximum Gasteiger partial charge on any atom is 0.255 e. The number of rotatable bonds is 3. The first kappa shape index (κ1) is 14.2. The molecule has 2 heterocycles. The molecule has 0 unspecified atom stereocenters. The Balaban J connectivity index is 1.90. The van der Waals surface area contributed by atoms with Crippen molar-refractivity contribution in [3.05, 3.63) is 65.6 Å². The van der Waals surface area contributed by atoms with Crippen LogP contribution in [0, 0.1) is 5.82 Å². The summed E-state index contributed by atoms with van der Waals surface area (Å²) in [6.07, 6.45) is 6.08. The van der Waals surface area contributed by atoms with Crippen molar-refractivity contribution in [2.75, 3.05) is 5.32 Å². The van der Waals surface area contributed by atoms with Crippen LogP contribution in [0.25, 0.3) is 5.82 Å². The number of carbonyl (C=O) groups excluding carboxylic acids is 1. The highest BCUT2D eigenvalue weighted by molar-refractivity contribution is 6.31. The zero-order valence-corrected chi connectivity index (χ0v) is 11.8. The molecule has 6 nitrogen and oxygen atoms in total. The van der Waals surface area contributed by atoms with E-state index in [-0.39, 0.29) is 10.6 Å². The number of benzene rings is 1. The summed E-state index contributed by atoms with van der Waals surface area (Å²) < 4.78 is 14.6. The van der Waals surface area contributed by atoms with Crippen LogP contribution in [0.1, 0.15) is 10.4 Å². The number of anilines is 1. The molecule has 1 amide bonds. The van der Waals surface area contributed by atoms with Crippen LogP contribution in [0.15, 0.2) is 49.2 Å². The Morgan fingerprint density at radius 1 is 1.36 bits per heavy atom. The molecule has 0 spiro atoms. The Morgan fingerprint density at radius 3 is 2.95 bits per heavy atom. The van der Waals surface area contributed by atoms with Crippen molar-refractivity contribution in [2.45, 2.75) is 0 Å². The van der Waals surface area contributed by atoms with Crippen LogP contribution >= 0.6 is 11.6 Å². The van der Waals surface area contributed by atoms with Gasteiger partial charge in [0.15, 0.2) is 5.82 Å². The summed E-state index contributed by atoms with van der Waals surface area (Å²) in [7, 11) is 0. The fourth-order valence-electron chi connectivity index (χ4n) is 1.82. The van der Waals surface area contributed by atoms with Gasteiger partial charge in [-0.1, -0.05) is 11.6 Å². The van der Waals surface area contributed by atoms with Crippen LogP contribution in [0.2, 0.25) is 5.02 Å². The Hall–Kier alpha value is -2.80. The highest BCUT2D eigenvalue weighted by Crippen LogP contribution is 2.19. The lowest BCUT2D eigenvalue weighted by molar-refractivity contribution is 0.102. The number of hydrogen-bond acceptors (Lipinski definition) is 4. The molecule has 3 aromatic rings. The van der Waals surface area contributed by atoms with Crippen LogP contribution in [-0.2, 0) is 0 Å². The van der Waals surface area contributed by atoms with Crippen molar-refractivity contribution in [2.24, 2.45) is 0 Å². The summed E-state index contributed by atoms with van der Waals surface area (Å²) in [6, 6.07) is 5.46. The molecule has 0 bridgehead atoms. The van der Waals surface area contributed by atoms with Gasteiger partial charge in [-0.05, 0) is 24.3 Å². The average Bonchev–Trinajstić information content (AvgIpc) is 3.04. The number of carbonyl (C=O) groups is 1. The van der Waals surface area contributed by atoms with Crippen molar-refractivity contribution in [3.63, 3.8) is 0 Å². The van der Waals surface area contributed by atoms with Crippen molar-refractivity contribution >= 4 is 23.2 Å². The largest absolute Gasteiger partial charge is 0.317 e. The molecule has 0 saturated heterocycles. The van der Waals surface area contributed by atoms with E-state index in [9.17, 15) is 9.18 Å². The molecular weight excluding hydrogens is 309 g/mol. The van der Waals surface area contributed by atoms with E-state index in [1.165, 1.54) is 29.3 Å². The molecule has 8 heteroatoms. The Bertz CT molecular complexity index is 822. The third kappa shape index (κ3) is 2.79. The van der Waals surface area contributed by atoms with E-state index in [4.69, 9.17) is 11.6 Å². The van der Waals surface area contributed by atoms with Crippen LogP contribution in [0.3, 0.4) is 0 Å². The van der Waals surface area contributed by atoms with E-state index in [1.54, 1.807) is 18.5 Å². The van der Waals surface area contributed by atoms with Crippen LogP contribution in [0.4, 0.5) is 10.1 Å². The van der Waals surface area contributed by atoms with Gasteiger partial charge < -0.3 is 5.32 Å². The van der Waals surface area contributed by atoms with Gasteiger partial charge in [-0.2, -0.15) is 5.10 Å². The maximum atomic E-state index is 13.1. The molecule has 3 rings (SSSR count). The van der Waals surface area contributed by atoms with Crippen LogP contribution < -0.4 is 5.32 Å². The second kappa shape index (κ2) is 5.90. The van der Waals surface area contributed by atoms with Gasteiger partial charge in [0, 0.05) is 18.0 Å². The maximum absolute atomic E-state index is 13.1. The van der Waals surface area contributed by atoms with Crippen molar-refractivity contribution < 1.29 is 9.18 Å². The molecule has 0 fully saturated rings. The van der Waals surface area contributed by atoms with Gasteiger partial charge in [0.05, 0.1) is 11.2 Å². The Kier molecular flexibility index (Phi) is 3.80. The summed E-state index contributed by atoms with van der Waals surface area (Å²) in [5.41, 5.74) is 0.596. The van der Waals surface area contributed by atoms with E-state index in [0.717, 1.165) is 6.07 Å². The van der Waals surface area contributed by atoms with Crippen LogP contribution in [-0.4, -0.2) is 25.7 Å². The highest BCUT2D eigenvalue weighted by Gasteiger charge is 2.13. The summed E-state index contributed by atoms with van der Waals surface area (Å²) in [4.78, 5) is 20.2. The fourth-order valence-corrected chi connectivity index (χ4v) is 2.00. The number of hydrogen-bond donors (Lipinski definition) is 1. The molecule has 0 aliphatic carbocycles. The summed E-state index contributed by atoms with van der Waals surface area (Å²) >= 11 is 5.68. The topological polar surface area (TPSA) is 72.7 Å². The molecule has 1 N–H and O–H groups in total. The van der Waals surface area contributed by atoms with Gasteiger partial charge in [-0.3, -0.25) is 4.79 Å². The third-order valence-corrected chi connectivity index (χ3v) is 3.13. The van der Waals surface area contributed by atoms with E-state index >= 15 is 0 Å². The predicted molar refractivity (Wildman–Crippen MR) is 78.5 cm³/mol. The Morgan fingerprint density at radius 2 is 2.23 bits per heavy atom. The SMILES string of the molecule is O=C(Nc1cncnc1-n1cccn1)c1ccc(F)c(Cl)c1. The van der Waals surface area contributed by atoms with Gasteiger partial charge in [-0.25, -0.2) is 19.0 Å². The predicted octanol–water partition coefficient (Wildman–Crippen LogP) is 2.71. The molecule has 0 aliphatic rings. The Labute approximate surface area is 129 Å². The zero-order chi connectivity index (χ0) is 15.5. The minimum atomic E-state index is -0.585. The molecule has 110 valence electrons. The first-order valence-electron chi connectivity index (χ1n) is 6.21. The van der Waals surface area contributed by atoms with Crippen molar-refractivity contribution in [1.29, 1.82) is 0 Å². The standard InChI is InChI=1S/C14H9ClFN5O/c15-10-6-9(2-3-11(10)16)14(22)20-12-7-17-8-18-13(12)21-5-1-4-19-21/h1-8H,(H,20,22). The monoisotopic (exact) mass is 317 g/mol. The van der Waals surface area contributed by atoms with Gasteiger partial charge in [0.1, 0.15) is 17.8 Å². The first-order valence-corrected chi connectivity index (χ1v) is 6.59. The highest BCUT2D eigenvalue weighted by atomic mass is 35.5. The summed E-state index contributed by atoms with van der Waals surface area (Å²) in [5.74, 6) is -0.620. The quantitative estimate of drug-likeness (QED) is 0.806. The van der Waals surface area contributed by atoms with Gasteiger partial charge in [0.25, 0.3) is 5.91 Å². The molecule has 0 radical (unpaired) electrons. The van der Waals surface area contributed by atoms with E-state index in [1.807, 2.05) is 0 Å². The normalized spacial score (nSPS) is 10.5. The van der Waals surface area contributed by atoms with Crippen molar-refractivity contribution in [1.82, 2.24) is 19.7 Å². The van der Waals surface area contributed by atoms with Gasteiger partial charge in [-0.15, -0.1) is 0 Å². The molecule has 0 aliphatic heterocycles. The second-order valence-electron chi connectivity index (χ2n) is 4.29. The summed E-state index contributed by atoms with van der Waals surface area (Å²) in [5, 5.41) is 6.59. The minimum absolute atomic E-state index is 0.121. The first-order chi connectivity index (χ1) is 10.6. The van der Waals surface area contributed by atoms with Crippen LogP contribution in [0.5, 0.6) is 0 Å². The smallest absolute Gasteiger partial charge is 0.255 e. The minimum Gasteiger partial charge on any atom is -0.317 e. The number of amides is 1. The lowest BCUT2D eigenvalue weighted by atomic mass is 10.2. The fraction of sp³-hybridized carbons (Fsp3) is 0. The van der Waals surface area contributed by atoms with E-state index in [0.29, 0.717) is 11.5 Å². The number of aromatic nitrogens is 4. The zero-order valence-electron chi connectivity index (χ0n) is 11.1. The molecule has 0 saturated carbocycles. The third-order valence-electron chi connectivity index (χ3n) is 2.84.